The highest BCUT2D eigenvalue weighted by Gasteiger charge is 2.19. The van der Waals surface area contributed by atoms with Gasteiger partial charge in [0.25, 0.3) is 0 Å². The molecule has 0 aliphatic carbocycles. The Balaban J connectivity index is 2.28. The monoisotopic (exact) mass is 170 g/mol. The maximum absolute atomic E-state index is 2.51. The third-order valence-corrected chi connectivity index (χ3v) is 2.98. The first kappa shape index (κ1) is 10.0. The summed E-state index contributed by atoms with van der Waals surface area (Å²) in [6.07, 6.45) is 4.20. The molecule has 0 radical (unpaired) electrons. The molecule has 0 N–H and O–H groups in total. The number of nitrogens with zero attached hydrogens (tertiary/aromatic N) is 2. The molecule has 1 saturated heterocycles. The number of rotatable bonds is 3. The summed E-state index contributed by atoms with van der Waals surface area (Å²) < 4.78 is 0. The predicted octanol–water partition coefficient (Wildman–Crippen LogP) is 1.42. The van der Waals surface area contributed by atoms with E-state index in [1.54, 1.807) is 0 Å². The Kier molecular flexibility index (Phi) is 4.02. The Morgan fingerprint density at radius 1 is 1.42 bits per heavy atom. The quantitative estimate of drug-likeness (QED) is 0.632. The van der Waals surface area contributed by atoms with Crippen molar-refractivity contribution in [3.63, 3.8) is 0 Å². The largest absolute Gasteiger partial charge is 0.305 e. The second-order valence-corrected chi connectivity index (χ2v) is 3.99. The average Bonchev–Trinajstić information content (AvgIpc) is 2.09. The molecule has 2 nitrogen and oxygen atoms in total. The van der Waals surface area contributed by atoms with Gasteiger partial charge in [0, 0.05) is 12.6 Å². The van der Waals surface area contributed by atoms with Crippen molar-refractivity contribution in [2.24, 2.45) is 0 Å². The van der Waals surface area contributed by atoms with E-state index in [0.29, 0.717) is 0 Å². The zero-order valence-corrected chi connectivity index (χ0v) is 8.71. The number of piperidine rings is 1. The van der Waals surface area contributed by atoms with E-state index in [-0.39, 0.29) is 0 Å². The van der Waals surface area contributed by atoms with Gasteiger partial charge in [0.2, 0.25) is 0 Å². The third kappa shape index (κ3) is 2.76. The minimum absolute atomic E-state index is 0.809. The van der Waals surface area contributed by atoms with Crippen LogP contribution >= 0.6 is 0 Å². The lowest BCUT2D eigenvalue weighted by molar-refractivity contribution is 0.144. The molecule has 1 unspecified atom stereocenters. The van der Waals surface area contributed by atoms with E-state index < -0.39 is 0 Å². The topological polar surface area (TPSA) is 6.48 Å². The molecule has 1 atom stereocenters. The second kappa shape index (κ2) is 4.83. The van der Waals surface area contributed by atoms with Crippen molar-refractivity contribution in [3.05, 3.63) is 0 Å². The third-order valence-electron chi connectivity index (χ3n) is 2.98. The minimum Gasteiger partial charge on any atom is -0.305 e. The van der Waals surface area contributed by atoms with Crippen molar-refractivity contribution < 1.29 is 0 Å². The zero-order valence-electron chi connectivity index (χ0n) is 8.71. The molecule has 1 aliphatic rings. The van der Waals surface area contributed by atoms with Crippen LogP contribution in [0.1, 0.15) is 26.2 Å². The molecule has 1 rings (SSSR count). The molecule has 1 aliphatic heterocycles. The molecule has 0 aromatic heterocycles. The van der Waals surface area contributed by atoms with Crippen molar-refractivity contribution in [2.75, 3.05) is 33.7 Å². The minimum atomic E-state index is 0.809. The Labute approximate surface area is 76.5 Å². The summed E-state index contributed by atoms with van der Waals surface area (Å²) in [7, 11) is 4.47. The predicted molar refractivity (Wildman–Crippen MR) is 53.4 cm³/mol. The van der Waals surface area contributed by atoms with Crippen molar-refractivity contribution in [3.8, 4) is 0 Å². The molecule has 12 heavy (non-hydrogen) atoms. The van der Waals surface area contributed by atoms with Crippen LogP contribution in [0.4, 0.5) is 0 Å². The van der Waals surface area contributed by atoms with Gasteiger partial charge in [-0.15, -0.1) is 0 Å². The summed E-state index contributed by atoms with van der Waals surface area (Å²) in [6.45, 7) is 5.93. The lowest BCUT2D eigenvalue weighted by Gasteiger charge is -2.34. The first-order chi connectivity index (χ1) is 5.74. The van der Waals surface area contributed by atoms with Gasteiger partial charge in [-0.1, -0.05) is 13.3 Å². The van der Waals surface area contributed by atoms with Crippen LogP contribution in [0, 0.1) is 0 Å². The van der Waals surface area contributed by atoms with Crippen LogP contribution in [0.3, 0.4) is 0 Å². The number of hydrogen-bond donors (Lipinski definition) is 0. The van der Waals surface area contributed by atoms with Crippen LogP contribution in [0.25, 0.3) is 0 Å². The van der Waals surface area contributed by atoms with Crippen LogP contribution in [-0.2, 0) is 0 Å². The molecular formula is C10H22N2. The van der Waals surface area contributed by atoms with E-state index in [1.807, 2.05) is 0 Å². The van der Waals surface area contributed by atoms with Gasteiger partial charge >= 0.3 is 0 Å². The van der Waals surface area contributed by atoms with E-state index in [2.05, 4.69) is 30.8 Å². The molecule has 2 heteroatoms. The number of likely N-dealkylation sites (N-methyl/N-ethyl adjacent to an activating group) is 2. The van der Waals surface area contributed by atoms with E-state index in [9.17, 15) is 0 Å². The number of likely N-dealkylation sites (tertiary alicyclic amines) is 1. The van der Waals surface area contributed by atoms with E-state index in [1.165, 1.54) is 38.9 Å². The van der Waals surface area contributed by atoms with Crippen LogP contribution in [0.15, 0.2) is 0 Å². The van der Waals surface area contributed by atoms with Gasteiger partial charge < -0.3 is 9.80 Å². The highest BCUT2D eigenvalue weighted by molar-refractivity contribution is 4.76. The lowest BCUT2D eigenvalue weighted by atomic mass is 10.0. The normalized spacial score (nSPS) is 26.5. The Morgan fingerprint density at radius 3 is 2.75 bits per heavy atom. The second-order valence-electron chi connectivity index (χ2n) is 3.99. The van der Waals surface area contributed by atoms with Crippen molar-refractivity contribution in [1.29, 1.82) is 0 Å². The van der Waals surface area contributed by atoms with Gasteiger partial charge in [-0.05, 0) is 40.0 Å². The molecule has 0 saturated carbocycles. The summed E-state index contributed by atoms with van der Waals surface area (Å²) in [4.78, 5) is 4.92. The Morgan fingerprint density at radius 2 is 2.17 bits per heavy atom. The van der Waals surface area contributed by atoms with E-state index >= 15 is 0 Å². The first-order valence-corrected chi connectivity index (χ1v) is 5.12. The van der Waals surface area contributed by atoms with Crippen molar-refractivity contribution in [2.45, 2.75) is 32.2 Å². The maximum atomic E-state index is 2.51. The summed E-state index contributed by atoms with van der Waals surface area (Å²) in [5.41, 5.74) is 0. The standard InChI is InChI=1S/C10H22N2/c1-4-11(2)9-10-7-5-6-8-12(10)3/h10H,4-9H2,1-3H3. The van der Waals surface area contributed by atoms with Gasteiger partial charge in [-0.2, -0.15) is 0 Å². The zero-order chi connectivity index (χ0) is 8.97. The lowest BCUT2D eigenvalue weighted by Crippen LogP contribution is -2.43. The van der Waals surface area contributed by atoms with Gasteiger partial charge in [0.05, 0.1) is 0 Å². The SMILES string of the molecule is CCN(C)CC1CCCCN1C. The van der Waals surface area contributed by atoms with Crippen LogP contribution in [0.5, 0.6) is 0 Å². The smallest absolute Gasteiger partial charge is 0.0220 e. The molecule has 72 valence electrons. The molecule has 0 amide bonds. The van der Waals surface area contributed by atoms with Gasteiger partial charge in [-0.25, -0.2) is 0 Å². The van der Waals surface area contributed by atoms with Crippen LogP contribution < -0.4 is 0 Å². The van der Waals surface area contributed by atoms with Crippen molar-refractivity contribution >= 4 is 0 Å². The first-order valence-electron chi connectivity index (χ1n) is 5.12. The summed E-state index contributed by atoms with van der Waals surface area (Å²) in [6, 6.07) is 0.809. The van der Waals surface area contributed by atoms with Crippen LogP contribution in [0.2, 0.25) is 0 Å². The van der Waals surface area contributed by atoms with E-state index in [4.69, 9.17) is 0 Å². The van der Waals surface area contributed by atoms with Gasteiger partial charge in [-0.3, -0.25) is 0 Å². The fourth-order valence-electron chi connectivity index (χ4n) is 1.86. The summed E-state index contributed by atoms with van der Waals surface area (Å²) in [5.74, 6) is 0. The molecule has 1 fully saturated rings. The van der Waals surface area contributed by atoms with Gasteiger partial charge in [0.15, 0.2) is 0 Å². The maximum Gasteiger partial charge on any atom is 0.0220 e. The molecule has 0 aromatic rings. The van der Waals surface area contributed by atoms with E-state index in [0.717, 1.165) is 6.04 Å². The van der Waals surface area contributed by atoms with Gasteiger partial charge in [0.1, 0.15) is 0 Å². The Hall–Kier alpha value is -0.0800. The summed E-state index contributed by atoms with van der Waals surface area (Å²) >= 11 is 0. The Bertz CT molecular complexity index is 125. The molecule has 0 spiro atoms. The molecule has 0 aromatic carbocycles. The highest BCUT2D eigenvalue weighted by atomic mass is 15.2. The fourth-order valence-corrected chi connectivity index (χ4v) is 1.86. The molecular weight excluding hydrogens is 148 g/mol. The fraction of sp³-hybridized carbons (Fsp3) is 1.00. The van der Waals surface area contributed by atoms with Crippen molar-refractivity contribution in [1.82, 2.24) is 9.80 Å². The molecule has 0 bridgehead atoms. The van der Waals surface area contributed by atoms with Crippen LogP contribution in [-0.4, -0.2) is 49.6 Å². The molecule has 1 heterocycles. The average molecular weight is 170 g/mol. The highest BCUT2D eigenvalue weighted by Crippen LogP contribution is 2.15. The summed E-state index contributed by atoms with van der Waals surface area (Å²) in [5, 5.41) is 0. The number of hydrogen-bond acceptors (Lipinski definition) is 2.